The number of Topliss-reactive ketones (excluding diaryl/α,β-unsaturated/α-hetero) is 1. The van der Waals surface area contributed by atoms with Crippen LogP contribution in [-0.4, -0.2) is 18.4 Å². The van der Waals surface area contributed by atoms with Crippen LogP contribution in [0.1, 0.15) is 22.8 Å². The van der Waals surface area contributed by atoms with Crippen LogP contribution in [0.4, 0.5) is 0 Å². The Labute approximate surface area is 94.7 Å². The van der Waals surface area contributed by atoms with Gasteiger partial charge in [-0.2, -0.15) is 0 Å². The Morgan fingerprint density at radius 1 is 1.25 bits per heavy atom. The summed E-state index contributed by atoms with van der Waals surface area (Å²) in [5.41, 5.74) is 1.64. The topological polar surface area (TPSA) is 43.4 Å². The normalized spacial score (nSPS) is 10.4. The number of ether oxygens (including phenoxy) is 1. The number of ketones is 1. The summed E-state index contributed by atoms with van der Waals surface area (Å²) in [4.78, 5) is 22.5. The maximum atomic E-state index is 11.6. The molecule has 0 radical (unpaired) electrons. The number of allylic oxidation sites excluding steroid dienone is 1. The Kier molecular flexibility index (Phi) is 4.45. The molecule has 0 fully saturated rings. The van der Waals surface area contributed by atoms with Gasteiger partial charge in [-0.05, 0) is 13.8 Å². The lowest BCUT2D eigenvalue weighted by Gasteiger charge is -2.02. The molecule has 1 aromatic rings. The predicted molar refractivity (Wildman–Crippen MR) is 61.3 cm³/mol. The molecule has 0 amide bonds. The van der Waals surface area contributed by atoms with Crippen LogP contribution in [0.25, 0.3) is 0 Å². The van der Waals surface area contributed by atoms with Crippen molar-refractivity contribution in [3.05, 3.63) is 47.5 Å². The monoisotopic (exact) mass is 218 g/mol. The number of esters is 1. The molecule has 3 nitrogen and oxygen atoms in total. The molecule has 1 rings (SSSR count). The summed E-state index contributed by atoms with van der Waals surface area (Å²) < 4.78 is 4.75. The Morgan fingerprint density at radius 2 is 1.88 bits per heavy atom. The second-order valence-electron chi connectivity index (χ2n) is 3.40. The zero-order valence-corrected chi connectivity index (χ0v) is 9.40. The lowest BCUT2D eigenvalue weighted by atomic mass is 10.1. The lowest BCUT2D eigenvalue weighted by molar-refractivity contribution is -0.136. The third kappa shape index (κ3) is 3.69. The lowest BCUT2D eigenvalue weighted by Crippen LogP contribution is -2.12. The smallest absolute Gasteiger partial charge is 0.330 e. The van der Waals surface area contributed by atoms with Crippen molar-refractivity contribution in [3.63, 3.8) is 0 Å². The molecule has 0 unspecified atom stereocenters. The molecule has 0 saturated heterocycles. The molecular weight excluding hydrogens is 204 g/mol. The molecule has 0 aliphatic heterocycles. The average molecular weight is 218 g/mol. The van der Waals surface area contributed by atoms with Gasteiger partial charge in [-0.1, -0.05) is 35.9 Å². The average Bonchev–Trinajstić information content (AvgIpc) is 2.27. The van der Waals surface area contributed by atoms with E-state index in [4.69, 9.17) is 4.74 Å². The van der Waals surface area contributed by atoms with E-state index >= 15 is 0 Å². The zero-order valence-electron chi connectivity index (χ0n) is 9.40. The summed E-state index contributed by atoms with van der Waals surface area (Å²) in [7, 11) is 0. The first kappa shape index (κ1) is 12.2. The second kappa shape index (κ2) is 5.85. The van der Waals surface area contributed by atoms with Crippen LogP contribution in [-0.2, 0) is 9.53 Å². The van der Waals surface area contributed by atoms with Crippen molar-refractivity contribution < 1.29 is 14.3 Å². The van der Waals surface area contributed by atoms with Crippen molar-refractivity contribution in [2.24, 2.45) is 0 Å². The first-order chi connectivity index (χ1) is 7.63. The molecule has 84 valence electrons. The summed E-state index contributed by atoms with van der Waals surface area (Å²) in [6.07, 6.45) is 2.85. The van der Waals surface area contributed by atoms with Crippen molar-refractivity contribution >= 4 is 11.8 Å². The molecule has 0 aliphatic carbocycles. The fourth-order valence-electron chi connectivity index (χ4n) is 1.14. The van der Waals surface area contributed by atoms with E-state index in [-0.39, 0.29) is 12.4 Å². The van der Waals surface area contributed by atoms with E-state index in [1.807, 2.05) is 19.1 Å². The van der Waals surface area contributed by atoms with Gasteiger partial charge in [0.2, 0.25) is 0 Å². The van der Waals surface area contributed by atoms with Gasteiger partial charge in [0.15, 0.2) is 12.4 Å². The summed E-state index contributed by atoms with van der Waals surface area (Å²) in [6, 6.07) is 7.14. The predicted octanol–water partition coefficient (Wildman–Crippen LogP) is 2.30. The minimum absolute atomic E-state index is 0.196. The van der Waals surface area contributed by atoms with E-state index in [1.54, 1.807) is 25.1 Å². The van der Waals surface area contributed by atoms with Crippen molar-refractivity contribution in [2.75, 3.05) is 6.61 Å². The Balaban J connectivity index is 2.53. The van der Waals surface area contributed by atoms with Gasteiger partial charge in [0.1, 0.15) is 0 Å². The molecular formula is C13H14O3. The van der Waals surface area contributed by atoms with Crippen LogP contribution in [0.3, 0.4) is 0 Å². The van der Waals surface area contributed by atoms with E-state index in [0.717, 1.165) is 5.56 Å². The molecule has 0 aliphatic rings. The number of carbonyl (C=O) groups excluding carboxylic acids is 2. The van der Waals surface area contributed by atoms with Gasteiger partial charge in [0.25, 0.3) is 0 Å². The van der Waals surface area contributed by atoms with Gasteiger partial charge >= 0.3 is 5.97 Å². The SMILES string of the molecule is C/C=C/C(=O)OCC(=O)c1ccc(C)cc1. The third-order valence-corrected chi connectivity index (χ3v) is 2.02. The van der Waals surface area contributed by atoms with Crippen LogP contribution in [0.5, 0.6) is 0 Å². The van der Waals surface area contributed by atoms with Gasteiger partial charge in [0, 0.05) is 11.6 Å². The first-order valence-corrected chi connectivity index (χ1v) is 5.03. The summed E-state index contributed by atoms with van der Waals surface area (Å²) >= 11 is 0. The molecule has 1 aromatic carbocycles. The third-order valence-electron chi connectivity index (χ3n) is 2.02. The second-order valence-corrected chi connectivity index (χ2v) is 3.40. The van der Waals surface area contributed by atoms with E-state index < -0.39 is 5.97 Å². The van der Waals surface area contributed by atoms with Gasteiger partial charge in [-0.3, -0.25) is 4.79 Å². The zero-order chi connectivity index (χ0) is 12.0. The van der Waals surface area contributed by atoms with Crippen LogP contribution in [0, 0.1) is 6.92 Å². The number of benzene rings is 1. The van der Waals surface area contributed by atoms with Crippen molar-refractivity contribution in [2.45, 2.75) is 13.8 Å². The van der Waals surface area contributed by atoms with Gasteiger partial charge in [-0.25, -0.2) is 4.79 Å². The number of carbonyl (C=O) groups is 2. The number of aryl methyl sites for hydroxylation is 1. The summed E-state index contributed by atoms with van der Waals surface area (Å²) in [5.74, 6) is -0.694. The molecule has 0 atom stereocenters. The van der Waals surface area contributed by atoms with Crippen LogP contribution >= 0.6 is 0 Å². The number of hydrogen-bond donors (Lipinski definition) is 0. The molecule has 16 heavy (non-hydrogen) atoms. The fourth-order valence-corrected chi connectivity index (χ4v) is 1.14. The molecule has 0 bridgehead atoms. The maximum absolute atomic E-state index is 11.6. The van der Waals surface area contributed by atoms with Crippen molar-refractivity contribution in [1.29, 1.82) is 0 Å². The highest BCUT2D eigenvalue weighted by atomic mass is 16.5. The van der Waals surface area contributed by atoms with Crippen LogP contribution in [0.15, 0.2) is 36.4 Å². The molecule has 0 N–H and O–H groups in total. The Bertz CT molecular complexity index is 402. The van der Waals surface area contributed by atoms with E-state index in [0.29, 0.717) is 5.56 Å². The highest BCUT2D eigenvalue weighted by Crippen LogP contribution is 2.04. The molecule has 3 heteroatoms. The molecule has 0 heterocycles. The van der Waals surface area contributed by atoms with Gasteiger partial charge in [0.05, 0.1) is 0 Å². The standard InChI is InChI=1S/C13H14O3/c1-3-4-13(15)16-9-12(14)11-7-5-10(2)6-8-11/h3-8H,9H2,1-2H3/b4-3+. The maximum Gasteiger partial charge on any atom is 0.330 e. The summed E-state index contributed by atoms with van der Waals surface area (Å²) in [6.45, 7) is 3.44. The van der Waals surface area contributed by atoms with Crippen molar-refractivity contribution in [3.8, 4) is 0 Å². The molecule has 0 aromatic heterocycles. The highest BCUT2D eigenvalue weighted by Gasteiger charge is 2.07. The number of hydrogen-bond acceptors (Lipinski definition) is 3. The minimum atomic E-state index is -0.497. The Hall–Kier alpha value is -1.90. The van der Waals surface area contributed by atoms with Crippen LogP contribution < -0.4 is 0 Å². The fraction of sp³-hybridized carbons (Fsp3) is 0.231. The van der Waals surface area contributed by atoms with E-state index in [1.165, 1.54) is 6.08 Å². The largest absolute Gasteiger partial charge is 0.454 e. The van der Waals surface area contributed by atoms with E-state index in [9.17, 15) is 9.59 Å². The Morgan fingerprint density at radius 3 is 2.44 bits per heavy atom. The van der Waals surface area contributed by atoms with Gasteiger partial charge in [-0.15, -0.1) is 0 Å². The van der Waals surface area contributed by atoms with Gasteiger partial charge < -0.3 is 4.74 Å². The number of rotatable bonds is 4. The molecule has 0 spiro atoms. The highest BCUT2D eigenvalue weighted by molar-refractivity contribution is 5.98. The van der Waals surface area contributed by atoms with Crippen LogP contribution in [0.2, 0.25) is 0 Å². The summed E-state index contributed by atoms with van der Waals surface area (Å²) in [5, 5.41) is 0. The van der Waals surface area contributed by atoms with E-state index in [2.05, 4.69) is 0 Å². The minimum Gasteiger partial charge on any atom is -0.454 e. The first-order valence-electron chi connectivity index (χ1n) is 5.03. The van der Waals surface area contributed by atoms with Crippen molar-refractivity contribution in [1.82, 2.24) is 0 Å². The quantitative estimate of drug-likeness (QED) is 0.442. The molecule has 0 saturated carbocycles.